The van der Waals surface area contributed by atoms with Crippen molar-refractivity contribution < 1.29 is 28.3 Å². The molecular weight excluding hydrogens is 500 g/mol. The first-order valence-corrected chi connectivity index (χ1v) is 16.2. The van der Waals surface area contributed by atoms with E-state index in [9.17, 15) is 9.59 Å². The van der Waals surface area contributed by atoms with E-state index >= 15 is 0 Å². The molecular formula is C29H38N2O6Si. The Morgan fingerprint density at radius 3 is 2.24 bits per heavy atom. The van der Waals surface area contributed by atoms with Gasteiger partial charge in [0.05, 0.1) is 30.4 Å². The molecule has 0 spiro atoms. The molecule has 3 heterocycles. The van der Waals surface area contributed by atoms with Gasteiger partial charge in [-0.05, 0) is 42.8 Å². The van der Waals surface area contributed by atoms with Gasteiger partial charge < -0.3 is 13.9 Å². The Balaban J connectivity index is 1.52. The summed E-state index contributed by atoms with van der Waals surface area (Å²) in [6, 6.07) is 18.4. The van der Waals surface area contributed by atoms with Crippen LogP contribution in [-0.4, -0.2) is 62.4 Å². The van der Waals surface area contributed by atoms with E-state index in [1.54, 1.807) is 17.2 Å². The first kappa shape index (κ1) is 27.2. The quantitative estimate of drug-likeness (QED) is 0.396. The minimum Gasteiger partial charge on any atom is -0.409 e. The summed E-state index contributed by atoms with van der Waals surface area (Å²) in [7, 11) is -2.22. The summed E-state index contributed by atoms with van der Waals surface area (Å²) in [6.07, 6.45) is -2.34. The minimum atomic E-state index is -2.22. The number of hydroxylamine groups is 2. The molecule has 3 fully saturated rings. The van der Waals surface area contributed by atoms with Crippen LogP contribution < -0.4 is 4.90 Å². The van der Waals surface area contributed by atoms with Crippen molar-refractivity contribution in [2.45, 2.75) is 83.0 Å². The van der Waals surface area contributed by atoms with Crippen LogP contribution in [0.5, 0.6) is 0 Å². The number of hydrogen-bond donors (Lipinski definition) is 0. The molecule has 3 aliphatic heterocycles. The van der Waals surface area contributed by atoms with Crippen LogP contribution in [0.15, 0.2) is 60.7 Å². The topological polar surface area (TPSA) is 77.5 Å². The van der Waals surface area contributed by atoms with Gasteiger partial charge >= 0.3 is 0 Å². The summed E-state index contributed by atoms with van der Waals surface area (Å²) >= 11 is 0. The van der Waals surface area contributed by atoms with Gasteiger partial charge in [0.2, 0.25) is 5.91 Å². The van der Waals surface area contributed by atoms with Crippen molar-refractivity contribution in [2.24, 2.45) is 5.92 Å². The SMILES string of the molecule is C[C@H]1OC[C@@H](O[Si](C)(C)C(C)(C)C)[C@@H]([C@H]2[C@H]3C(=O)N(c4ccccc4)C(=O)[C@H]3ON2Cc2ccccc2)O1. The zero-order chi connectivity index (χ0) is 27.2. The van der Waals surface area contributed by atoms with Gasteiger partial charge in [0, 0.05) is 6.54 Å². The number of anilines is 1. The van der Waals surface area contributed by atoms with Crippen molar-refractivity contribution in [1.82, 2.24) is 5.06 Å². The highest BCUT2D eigenvalue weighted by Crippen LogP contribution is 2.44. The smallest absolute Gasteiger partial charge is 0.265 e. The lowest BCUT2D eigenvalue weighted by Gasteiger charge is -2.46. The number of hydrogen-bond acceptors (Lipinski definition) is 7. The number of nitrogens with zero attached hydrogens (tertiary/aromatic N) is 2. The molecule has 2 amide bonds. The Morgan fingerprint density at radius 2 is 1.61 bits per heavy atom. The Kier molecular flexibility index (Phi) is 7.36. The molecule has 0 aromatic heterocycles. The van der Waals surface area contributed by atoms with E-state index in [0.717, 1.165) is 5.56 Å². The number of amides is 2. The molecule has 3 saturated heterocycles. The van der Waals surface area contributed by atoms with E-state index in [1.165, 1.54) is 4.90 Å². The van der Waals surface area contributed by atoms with Gasteiger partial charge in [0.1, 0.15) is 6.10 Å². The molecule has 5 rings (SSSR count). The normalized spacial score (nSPS) is 30.6. The van der Waals surface area contributed by atoms with Gasteiger partial charge in [-0.2, -0.15) is 5.06 Å². The number of carbonyl (C=O) groups is 2. The molecule has 0 N–H and O–H groups in total. The van der Waals surface area contributed by atoms with Crippen LogP contribution in [-0.2, 0) is 34.9 Å². The monoisotopic (exact) mass is 538 g/mol. The Hall–Kier alpha value is -2.40. The fourth-order valence-corrected chi connectivity index (χ4v) is 6.55. The molecule has 38 heavy (non-hydrogen) atoms. The van der Waals surface area contributed by atoms with E-state index in [4.69, 9.17) is 18.7 Å². The standard InChI is InChI=1S/C29H38N2O6Si/c1-19-34-18-22(37-38(5,6)29(2,3)4)25(35-19)24-23-26(36-30(24)17-20-13-9-7-10-14-20)28(33)31(27(23)32)21-15-11-8-12-16-21/h7-16,19,22-26H,17-18H2,1-6H3/t19-,22+,23+,24+,25-,26-/m0/s1. The molecule has 2 aromatic rings. The fourth-order valence-electron chi connectivity index (χ4n) is 5.24. The average Bonchev–Trinajstić information content (AvgIpc) is 3.35. The largest absolute Gasteiger partial charge is 0.409 e. The third-order valence-corrected chi connectivity index (χ3v) is 12.7. The van der Waals surface area contributed by atoms with Crippen LogP contribution in [0, 0.1) is 5.92 Å². The number of para-hydroxylation sites is 1. The first-order chi connectivity index (χ1) is 18.0. The van der Waals surface area contributed by atoms with Crippen LogP contribution in [0.2, 0.25) is 18.1 Å². The number of fused-ring (bicyclic) bond motifs is 1. The van der Waals surface area contributed by atoms with E-state index in [0.29, 0.717) is 18.8 Å². The maximum Gasteiger partial charge on any atom is 0.265 e. The van der Waals surface area contributed by atoms with Crippen LogP contribution in [0.4, 0.5) is 5.69 Å². The summed E-state index contributed by atoms with van der Waals surface area (Å²) in [5, 5.41) is 1.75. The molecule has 0 bridgehead atoms. The van der Waals surface area contributed by atoms with Gasteiger partial charge in [-0.25, -0.2) is 4.90 Å². The zero-order valence-electron chi connectivity index (χ0n) is 23.0. The van der Waals surface area contributed by atoms with Crippen molar-refractivity contribution in [3.8, 4) is 0 Å². The molecule has 3 aliphatic rings. The lowest BCUT2D eigenvalue weighted by atomic mass is 9.89. The van der Waals surface area contributed by atoms with Crippen molar-refractivity contribution >= 4 is 25.8 Å². The lowest BCUT2D eigenvalue weighted by Crippen LogP contribution is -2.60. The molecule has 0 aliphatic carbocycles. The van der Waals surface area contributed by atoms with Gasteiger partial charge in [-0.3, -0.25) is 14.4 Å². The Labute approximate surface area is 225 Å². The fraction of sp³-hybridized carbons (Fsp3) is 0.517. The van der Waals surface area contributed by atoms with Crippen LogP contribution in [0.1, 0.15) is 33.3 Å². The maximum absolute atomic E-state index is 14.0. The summed E-state index contributed by atoms with van der Waals surface area (Å²) in [5.74, 6) is -1.36. The maximum atomic E-state index is 14.0. The zero-order valence-corrected chi connectivity index (χ0v) is 24.0. The van der Waals surface area contributed by atoms with Crippen molar-refractivity contribution in [2.75, 3.05) is 11.5 Å². The Bertz CT molecular complexity index is 1150. The second kappa shape index (κ2) is 10.3. The summed E-state index contributed by atoms with van der Waals surface area (Å²) in [6.45, 7) is 13.6. The molecule has 9 heteroatoms. The third kappa shape index (κ3) is 4.99. The van der Waals surface area contributed by atoms with E-state index in [2.05, 4.69) is 33.9 Å². The Morgan fingerprint density at radius 1 is 0.974 bits per heavy atom. The number of ether oxygens (including phenoxy) is 2. The molecule has 2 aromatic carbocycles. The molecule has 0 unspecified atom stereocenters. The van der Waals surface area contributed by atoms with Crippen LogP contribution in [0.3, 0.4) is 0 Å². The van der Waals surface area contributed by atoms with Gasteiger partial charge in [0.25, 0.3) is 5.91 Å². The molecule has 6 atom stereocenters. The second-order valence-corrected chi connectivity index (χ2v) is 16.6. The van der Waals surface area contributed by atoms with Crippen molar-refractivity contribution in [3.05, 3.63) is 66.2 Å². The number of rotatable bonds is 6. The second-order valence-electron chi connectivity index (χ2n) is 11.9. The minimum absolute atomic E-state index is 0.0255. The van der Waals surface area contributed by atoms with Crippen molar-refractivity contribution in [1.29, 1.82) is 0 Å². The van der Waals surface area contributed by atoms with Crippen molar-refractivity contribution in [3.63, 3.8) is 0 Å². The van der Waals surface area contributed by atoms with E-state index in [1.807, 2.05) is 55.5 Å². The summed E-state index contributed by atoms with van der Waals surface area (Å²) in [4.78, 5) is 35.1. The summed E-state index contributed by atoms with van der Waals surface area (Å²) in [5.41, 5.74) is 1.56. The number of imide groups is 1. The third-order valence-electron chi connectivity index (χ3n) is 8.24. The first-order valence-electron chi connectivity index (χ1n) is 13.3. The van der Waals surface area contributed by atoms with E-state index < -0.39 is 44.9 Å². The molecule has 204 valence electrons. The number of benzene rings is 2. The van der Waals surface area contributed by atoms with Gasteiger partial charge in [-0.1, -0.05) is 69.3 Å². The van der Waals surface area contributed by atoms with Crippen LogP contribution in [0.25, 0.3) is 0 Å². The highest BCUT2D eigenvalue weighted by Gasteiger charge is 2.63. The predicted molar refractivity (Wildman–Crippen MR) is 145 cm³/mol. The summed E-state index contributed by atoms with van der Waals surface area (Å²) < 4.78 is 19.1. The van der Waals surface area contributed by atoms with Gasteiger partial charge in [-0.15, -0.1) is 0 Å². The predicted octanol–water partition coefficient (Wildman–Crippen LogP) is 4.51. The lowest BCUT2D eigenvalue weighted by molar-refractivity contribution is -0.272. The molecule has 8 nitrogen and oxygen atoms in total. The highest BCUT2D eigenvalue weighted by molar-refractivity contribution is 6.74. The molecule has 0 radical (unpaired) electrons. The highest BCUT2D eigenvalue weighted by atomic mass is 28.4. The van der Waals surface area contributed by atoms with E-state index in [-0.39, 0.29) is 16.9 Å². The van der Waals surface area contributed by atoms with Crippen LogP contribution >= 0.6 is 0 Å². The average molecular weight is 539 g/mol. The number of carbonyl (C=O) groups excluding carboxylic acids is 2. The van der Waals surface area contributed by atoms with Gasteiger partial charge in [0.15, 0.2) is 20.7 Å². The molecule has 0 saturated carbocycles.